The second-order valence-corrected chi connectivity index (χ2v) is 6.20. The highest BCUT2D eigenvalue weighted by atomic mass is 32.1. The van der Waals surface area contributed by atoms with E-state index in [1.165, 1.54) is 4.88 Å². The molecule has 0 spiro atoms. The Morgan fingerprint density at radius 3 is 2.88 bits per heavy atom. The molecule has 0 saturated carbocycles. The highest BCUT2D eigenvalue weighted by molar-refractivity contribution is 7.10. The van der Waals surface area contributed by atoms with E-state index in [1.54, 1.807) is 11.3 Å². The molecule has 1 unspecified atom stereocenters. The van der Waals surface area contributed by atoms with Crippen LogP contribution >= 0.6 is 11.3 Å². The van der Waals surface area contributed by atoms with Crippen LogP contribution in [0, 0.1) is 0 Å². The lowest BCUT2D eigenvalue weighted by atomic mass is 9.91. The van der Waals surface area contributed by atoms with Gasteiger partial charge in [0.25, 0.3) is 0 Å². The smallest absolute Gasteiger partial charge is 0.239 e. The highest BCUT2D eigenvalue weighted by Crippen LogP contribution is 2.29. The molecule has 1 aliphatic rings. The second-order valence-electron chi connectivity index (χ2n) is 5.25. The van der Waals surface area contributed by atoms with Gasteiger partial charge < -0.3 is 10.2 Å². The van der Waals surface area contributed by atoms with Crippen molar-refractivity contribution in [3.63, 3.8) is 0 Å². The van der Waals surface area contributed by atoms with Crippen LogP contribution in [0.1, 0.15) is 25.1 Å². The number of carbonyl (C=O) groups excluding carboxylic acids is 1. The zero-order chi connectivity index (χ0) is 12.5. The van der Waals surface area contributed by atoms with Crippen molar-refractivity contribution in [1.82, 2.24) is 10.2 Å². The van der Waals surface area contributed by atoms with Gasteiger partial charge in [-0.25, -0.2) is 0 Å². The molecule has 1 atom stereocenters. The van der Waals surface area contributed by atoms with Gasteiger partial charge in [-0.05, 0) is 24.9 Å². The molecule has 2 rings (SSSR count). The van der Waals surface area contributed by atoms with E-state index in [4.69, 9.17) is 0 Å². The van der Waals surface area contributed by atoms with E-state index in [-0.39, 0.29) is 17.4 Å². The van der Waals surface area contributed by atoms with Crippen LogP contribution in [0.3, 0.4) is 0 Å². The number of thiophene rings is 1. The quantitative estimate of drug-likeness (QED) is 0.887. The van der Waals surface area contributed by atoms with Crippen LogP contribution in [0.15, 0.2) is 17.5 Å². The van der Waals surface area contributed by atoms with Gasteiger partial charge in [0.15, 0.2) is 0 Å². The minimum atomic E-state index is 0.0223. The minimum Gasteiger partial charge on any atom is -0.340 e. The third-order valence-corrected chi connectivity index (χ3v) is 4.66. The number of carbonyl (C=O) groups is 1. The third-order valence-electron chi connectivity index (χ3n) is 3.42. The average Bonchev–Trinajstić information content (AvgIpc) is 2.90. The fourth-order valence-electron chi connectivity index (χ4n) is 2.38. The minimum absolute atomic E-state index is 0.0223. The van der Waals surface area contributed by atoms with Gasteiger partial charge in [-0.15, -0.1) is 11.3 Å². The van der Waals surface area contributed by atoms with E-state index in [0.717, 1.165) is 19.5 Å². The Hall–Kier alpha value is -0.870. The highest BCUT2D eigenvalue weighted by Gasteiger charge is 2.34. The summed E-state index contributed by atoms with van der Waals surface area (Å²) in [5.74, 6) is 0.247. The summed E-state index contributed by atoms with van der Waals surface area (Å²) in [5, 5.41) is 5.17. The van der Waals surface area contributed by atoms with E-state index >= 15 is 0 Å². The van der Waals surface area contributed by atoms with Crippen LogP contribution in [0.5, 0.6) is 0 Å². The first-order valence-corrected chi connectivity index (χ1v) is 6.92. The summed E-state index contributed by atoms with van der Waals surface area (Å²) >= 11 is 1.77. The molecule has 2 heterocycles. The Morgan fingerprint density at radius 2 is 2.35 bits per heavy atom. The topological polar surface area (TPSA) is 32.3 Å². The Morgan fingerprint density at radius 1 is 1.59 bits per heavy atom. The maximum atomic E-state index is 12.1. The van der Waals surface area contributed by atoms with Gasteiger partial charge in [-0.1, -0.05) is 19.9 Å². The lowest BCUT2D eigenvalue weighted by Crippen LogP contribution is -2.41. The van der Waals surface area contributed by atoms with Crippen molar-refractivity contribution in [3.05, 3.63) is 22.4 Å². The maximum Gasteiger partial charge on any atom is 0.239 e. The summed E-state index contributed by atoms with van der Waals surface area (Å²) in [6, 6.07) is 4.25. The van der Waals surface area contributed by atoms with Gasteiger partial charge in [-0.3, -0.25) is 4.79 Å². The average molecular weight is 252 g/mol. The molecule has 1 N–H and O–H groups in total. The molecule has 1 amide bonds. The molecule has 1 saturated heterocycles. The Kier molecular flexibility index (Phi) is 3.54. The summed E-state index contributed by atoms with van der Waals surface area (Å²) in [4.78, 5) is 15.4. The van der Waals surface area contributed by atoms with Gasteiger partial charge in [-0.2, -0.15) is 0 Å². The zero-order valence-corrected chi connectivity index (χ0v) is 11.5. The molecule has 0 bridgehead atoms. The van der Waals surface area contributed by atoms with Crippen LogP contribution in [-0.2, 0) is 10.2 Å². The number of likely N-dealkylation sites (tertiary alicyclic amines) is 1. The van der Waals surface area contributed by atoms with Crippen LogP contribution < -0.4 is 5.32 Å². The first-order valence-electron chi connectivity index (χ1n) is 6.04. The van der Waals surface area contributed by atoms with Crippen molar-refractivity contribution in [1.29, 1.82) is 0 Å². The summed E-state index contributed by atoms with van der Waals surface area (Å²) in [7, 11) is 1.86. The fourth-order valence-corrected chi connectivity index (χ4v) is 3.23. The van der Waals surface area contributed by atoms with Crippen molar-refractivity contribution >= 4 is 17.2 Å². The number of hydrogen-bond acceptors (Lipinski definition) is 3. The number of amides is 1. The van der Waals surface area contributed by atoms with E-state index in [1.807, 2.05) is 11.9 Å². The van der Waals surface area contributed by atoms with Crippen molar-refractivity contribution in [2.45, 2.75) is 31.7 Å². The molecule has 1 aliphatic heterocycles. The maximum absolute atomic E-state index is 12.1. The van der Waals surface area contributed by atoms with Gasteiger partial charge in [0.1, 0.15) is 0 Å². The fraction of sp³-hybridized carbons (Fsp3) is 0.615. The molecule has 94 valence electrons. The molecule has 1 aromatic heterocycles. The number of hydrogen-bond donors (Lipinski definition) is 1. The summed E-state index contributed by atoms with van der Waals surface area (Å²) in [6.45, 7) is 6.10. The molecule has 0 radical (unpaired) electrons. The van der Waals surface area contributed by atoms with Crippen LogP contribution in [-0.4, -0.2) is 37.0 Å². The SMILES string of the molecule is CNC1CCN(CC(C)(C)c2cccs2)C1=O. The van der Waals surface area contributed by atoms with Crippen molar-refractivity contribution in [2.24, 2.45) is 0 Å². The first-order chi connectivity index (χ1) is 8.04. The standard InChI is InChI=1S/C13H20N2OS/c1-13(2,11-5-4-8-17-11)9-15-7-6-10(14-3)12(15)16/h4-5,8,10,14H,6-7,9H2,1-3H3. The van der Waals surface area contributed by atoms with Crippen LogP contribution in [0.4, 0.5) is 0 Å². The normalized spacial score (nSPS) is 21.2. The van der Waals surface area contributed by atoms with Crippen molar-refractivity contribution in [2.75, 3.05) is 20.1 Å². The summed E-state index contributed by atoms with van der Waals surface area (Å²) < 4.78 is 0. The Bertz CT molecular complexity index is 386. The molecule has 0 aromatic carbocycles. The molecule has 3 nitrogen and oxygen atoms in total. The third kappa shape index (κ3) is 2.53. The lowest BCUT2D eigenvalue weighted by molar-refractivity contribution is -0.129. The monoisotopic (exact) mass is 252 g/mol. The predicted molar refractivity (Wildman–Crippen MR) is 71.4 cm³/mol. The predicted octanol–water partition coefficient (Wildman–Crippen LogP) is 1.85. The zero-order valence-electron chi connectivity index (χ0n) is 10.7. The Balaban J connectivity index is 2.05. The molecule has 0 aliphatic carbocycles. The van der Waals surface area contributed by atoms with E-state index in [2.05, 4.69) is 36.7 Å². The molecular weight excluding hydrogens is 232 g/mol. The van der Waals surface area contributed by atoms with Gasteiger partial charge in [0, 0.05) is 23.4 Å². The van der Waals surface area contributed by atoms with Crippen LogP contribution in [0.25, 0.3) is 0 Å². The van der Waals surface area contributed by atoms with E-state index in [0.29, 0.717) is 0 Å². The molecular formula is C13H20N2OS. The Labute approximate surface area is 107 Å². The van der Waals surface area contributed by atoms with Crippen LogP contribution in [0.2, 0.25) is 0 Å². The number of likely N-dealkylation sites (N-methyl/N-ethyl adjacent to an activating group) is 1. The number of rotatable bonds is 4. The molecule has 1 aromatic rings. The molecule has 17 heavy (non-hydrogen) atoms. The summed E-state index contributed by atoms with van der Waals surface area (Å²) in [6.07, 6.45) is 0.926. The van der Waals surface area contributed by atoms with E-state index < -0.39 is 0 Å². The largest absolute Gasteiger partial charge is 0.340 e. The van der Waals surface area contributed by atoms with E-state index in [9.17, 15) is 4.79 Å². The van der Waals surface area contributed by atoms with Gasteiger partial charge in [0.05, 0.1) is 6.04 Å². The molecule has 1 fully saturated rings. The summed E-state index contributed by atoms with van der Waals surface area (Å²) in [5.41, 5.74) is 0.0481. The second kappa shape index (κ2) is 4.78. The number of nitrogens with one attached hydrogen (secondary N) is 1. The van der Waals surface area contributed by atoms with Gasteiger partial charge in [0.2, 0.25) is 5.91 Å². The first kappa shape index (κ1) is 12.6. The molecule has 4 heteroatoms. The lowest BCUT2D eigenvalue weighted by Gasteiger charge is -2.29. The van der Waals surface area contributed by atoms with Crippen molar-refractivity contribution in [3.8, 4) is 0 Å². The number of nitrogens with zero attached hydrogens (tertiary/aromatic N) is 1. The van der Waals surface area contributed by atoms with Gasteiger partial charge >= 0.3 is 0 Å². The van der Waals surface area contributed by atoms with Crippen molar-refractivity contribution < 1.29 is 4.79 Å².